The van der Waals surface area contributed by atoms with Crippen LogP contribution in [-0.4, -0.2) is 42.7 Å². The predicted octanol–water partition coefficient (Wildman–Crippen LogP) is -0.932. The molecule has 0 aromatic heterocycles. The van der Waals surface area contributed by atoms with Crippen molar-refractivity contribution in [3.8, 4) is 0 Å². The standard InChI is InChI=1S/C20H34O8.Na/c1-4-5-6-7-8-9-10-11-12-13-14-26-20(25)18(28-16(3)22)17(19(23)24)27-15(2)21;/h17-18H,4-14H2,1-3H3,(H,23,24);/q;+1/p-1/t17-,18-;/m1./s1. The molecule has 0 aromatic carbocycles. The predicted molar refractivity (Wildman–Crippen MR) is 98.9 cm³/mol. The van der Waals surface area contributed by atoms with Gasteiger partial charge in [-0.25, -0.2) is 4.79 Å². The number of carbonyl (C=O) groups is 4. The maximum Gasteiger partial charge on any atom is 1.00 e. The third kappa shape index (κ3) is 16.4. The third-order valence-corrected chi connectivity index (χ3v) is 4.07. The van der Waals surface area contributed by atoms with Gasteiger partial charge in [0, 0.05) is 13.8 Å². The molecule has 0 N–H and O–H groups in total. The van der Waals surface area contributed by atoms with Crippen LogP contribution in [-0.2, 0) is 33.4 Å². The molecule has 0 spiro atoms. The second-order valence-electron chi connectivity index (χ2n) is 6.73. The average molecular weight is 424 g/mol. The van der Waals surface area contributed by atoms with Crippen molar-refractivity contribution < 1.29 is 68.1 Å². The van der Waals surface area contributed by atoms with Gasteiger partial charge in [-0.15, -0.1) is 0 Å². The van der Waals surface area contributed by atoms with Gasteiger partial charge in [-0.1, -0.05) is 64.7 Å². The number of esters is 3. The molecule has 0 saturated carbocycles. The summed E-state index contributed by atoms with van der Waals surface area (Å²) in [7, 11) is 0. The van der Waals surface area contributed by atoms with E-state index in [1.165, 1.54) is 38.5 Å². The smallest absolute Gasteiger partial charge is 0.546 e. The summed E-state index contributed by atoms with van der Waals surface area (Å²) in [5, 5.41) is 11.1. The second kappa shape index (κ2) is 18.9. The van der Waals surface area contributed by atoms with Gasteiger partial charge >= 0.3 is 47.5 Å². The maximum absolute atomic E-state index is 12.1. The molecule has 0 amide bonds. The average Bonchev–Trinajstić information content (AvgIpc) is 2.61. The van der Waals surface area contributed by atoms with E-state index in [4.69, 9.17) is 4.74 Å². The Bertz CT molecular complexity index is 495. The molecule has 0 rings (SSSR count). The number of carboxylic acid groups (broad SMARTS) is 1. The Morgan fingerprint density at radius 2 is 1.14 bits per heavy atom. The van der Waals surface area contributed by atoms with Gasteiger partial charge in [-0.3, -0.25) is 9.59 Å². The first-order chi connectivity index (χ1) is 13.3. The van der Waals surface area contributed by atoms with Gasteiger partial charge < -0.3 is 24.1 Å². The first-order valence-corrected chi connectivity index (χ1v) is 10.0. The summed E-state index contributed by atoms with van der Waals surface area (Å²) in [6.07, 6.45) is 7.18. The number of carbonyl (C=O) groups excluding carboxylic acids is 4. The Morgan fingerprint density at radius 1 is 0.724 bits per heavy atom. The van der Waals surface area contributed by atoms with Crippen LogP contribution < -0.4 is 34.7 Å². The molecule has 8 nitrogen and oxygen atoms in total. The van der Waals surface area contributed by atoms with Crippen LogP contribution in [0.15, 0.2) is 0 Å². The molecule has 0 aliphatic rings. The largest absolute Gasteiger partial charge is 1.00 e. The maximum atomic E-state index is 12.1. The molecule has 0 aliphatic heterocycles. The fourth-order valence-corrected chi connectivity index (χ4v) is 2.67. The molecule has 0 aliphatic carbocycles. The molecule has 0 heterocycles. The monoisotopic (exact) mass is 424 g/mol. The molecule has 162 valence electrons. The Balaban J connectivity index is 0. The first-order valence-electron chi connectivity index (χ1n) is 10.0. The summed E-state index contributed by atoms with van der Waals surface area (Å²) in [6.45, 7) is 4.22. The quantitative estimate of drug-likeness (QED) is 0.135. The van der Waals surface area contributed by atoms with Gasteiger partial charge in [0.15, 0.2) is 6.10 Å². The summed E-state index contributed by atoms with van der Waals surface area (Å²) in [6, 6.07) is 0. The van der Waals surface area contributed by atoms with Crippen molar-refractivity contribution in [2.45, 2.75) is 97.2 Å². The Hall–Kier alpha value is -1.12. The Labute approximate surface area is 195 Å². The van der Waals surface area contributed by atoms with Crippen molar-refractivity contribution in [3.05, 3.63) is 0 Å². The van der Waals surface area contributed by atoms with Gasteiger partial charge in [0.05, 0.1) is 12.6 Å². The number of hydrogen-bond donors (Lipinski definition) is 0. The van der Waals surface area contributed by atoms with E-state index in [9.17, 15) is 24.3 Å². The van der Waals surface area contributed by atoms with Crippen molar-refractivity contribution >= 4 is 23.9 Å². The van der Waals surface area contributed by atoms with Crippen molar-refractivity contribution in [2.75, 3.05) is 6.61 Å². The SMILES string of the molecule is CCCCCCCCCCCCOC(=O)[C@H](OC(C)=O)[C@@H](OC(C)=O)C(=O)[O-].[Na+]. The van der Waals surface area contributed by atoms with Crippen molar-refractivity contribution in [3.63, 3.8) is 0 Å². The fraction of sp³-hybridized carbons (Fsp3) is 0.800. The van der Waals surface area contributed by atoms with E-state index in [2.05, 4.69) is 16.4 Å². The zero-order valence-corrected chi connectivity index (χ0v) is 20.2. The Kier molecular flexibility index (Phi) is 19.6. The minimum Gasteiger partial charge on any atom is -0.546 e. The normalized spacial score (nSPS) is 12.2. The van der Waals surface area contributed by atoms with Crippen LogP contribution in [0.25, 0.3) is 0 Å². The molecule has 2 atom stereocenters. The van der Waals surface area contributed by atoms with E-state index in [-0.39, 0.29) is 36.2 Å². The summed E-state index contributed by atoms with van der Waals surface area (Å²) >= 11 is 0. The van der Waals surface area contributed by atoms with Crippen molar-refractivity contribution in [1.29, 1.82) is 0 Å². The molecule has 0 unspecified atom stereocenters. The van der Waals surface area contributed by atoms with Gasteiger partial charge in [-0.2, -0.15) is 0 Å². The minimum absolute atomic E-state index is 0. The molecular weight excluding hydrogens is 391 g/mol. The molecule has 0 fully saturated rings. The number of ether oxygens (including phenoxy) is 3. The molecule has 0 bridgehead atoms. The molecule has 9 heteroatoms. The molecule has 0 aromatic rings. The van der Waals surface area contributed by atoms with Crippen LogP contribution >= 0.6 is 0 Å². The molecule has 29 heavy (non-hydrogen) atoms. The van der Waals surface area contributed by atoms with E-state index in [1.54, 1.807) is 0 Å². The molecular formula is C20H33NaO8. The van der Waals surface area contributed by atoms with Gasteiger partial charge in [0.1, 0.15) is 0 Å². The second-order valence-corrected chi connectivity index (χ2v) is 6.73. The zero-order chi connectivity index (χ0) is 21.4. The topological polar surface area (TPSA) is 119 Å². The van der Waals surface area contributed by atoms with Crippen LogP contribution in [0.2, 0.25) is 0 Å². The fourth-order valence-electron chi connectivity index (χ4n) is 2.67. The van der Waals surface area contributed by atoms with E-state index in [0.717, 1.165) is 33.1 Å². The van der Waals surface area contributed by atoms with E-state index in [1.807, 2.05) is 0 Å². The Morgan fingerprint density at radius 3 is 1.55 bits per heavy atom. The molecule has 0 saturated heterocycles. The zero-order valence-electron chi connectivity index (χ0n) is 18.2. The van der Waals surface area contributed by atoms with E-state index >= 15 is 0 Å². The van der Waals surface area contributed by atoms with Crippen LogP contribution in [0.5, 0.6) is 0 Å². The summed E-state index contributed by atoms with van der Waals surface area (Å²) < 4.78 is 14.2. The number of carboxylic acids is 1. The number of rotatable bonds is 16. The van der Waals surface area contributed by atoms with Crippen molar-refractivity contribution in [1.82, 2.24) is 0 Å². The van der Waals surface area contributed by atoms with Gasteiger partial charge in [-0.05, 0) is 6.42 Å². The third-order valence-electron chi connectivity index (χ3n) is 4.07. The minimum atomic E-state index is -2.05. The number of aliphatic carboxylic acids is 1. The van der Waals surface area contributed by atoms with Gasteiger partial charge in [0.2, 0.25) is 6.10 Å². The summed E-state index contributed by atoms with van der Waals surface area (Å²) in [5.41, 5.74) is 0. The van der Waals surface area contributed by atoms with Gasteiger partial charge in [0.25, 0.3) is 0 Å². The summed E-state index contributed by atoms with van der Waals surface area (Å²) in [4.78, 5) is 45.4. The van der Waals surface area contributed by atoms with E-state index in [0.29, 0.717) is 6.42 Å². The molecule has 0 radical (unpaired) electrons. The number of hydrogen-bond acceptors (Lipinski definition) is 8. The van der Waals surface area contributed by atoms with Crippen LogP contribution in [0.4, 0.5) is 0 Å². The van der Waals surface area contributed by atoms with Crippen LogP contribution in [0.1, 0.15) is 85.0 Å². The van der Waals surface area contributed by atoms with E-state index < -0.39 is 36.1 Å². The number of unbranched alkanes of at least 4 members (excludes halogenated alkanes) is 9. The first kappa shape index (κ1) is 30.1. The summed E-state index contributed by atoms with van der Waals surface area (Å²) in [5.74, 6) is -4.79. The van der Waals surface area contributed by atoms with Crippen LogP contribution in [0.3, 0.4) is 0 Å². The van der Waals surface area contributed by atoms with Crippen molar-refractivity contribution in [2.24, 2.45) is 0 Å². The van der Waals surface area contributed by atoms with Crippen LogP contribution in [0, 0.1) is 0 Å².